The SMILES string of the molecule is Cc1ccccc1C(=O)N1CCC(C(=O)Nc2ccccc2N2CCOCC2)CC1. The maximum Gasteiger partial charge on any atom is 0.254 e. The quantitative estimate of drug-likeness (QED) is 0.845. The fourth-order valence-corrected chi connectivity index (χ4v) is 4.22. The van der Waals surface area contributed by atoms with Gasteiger partial charge in [-0.1, -0.05) is 30.3 Å². The molecule has 0 spiro atoms. The highest BCUT2D eigenvalue weighted by molar-refractivity contribution is 5.97. The van der Waals surface area contributed by atoms with E-state index in [1.54, 1.807) is 0 Å². The van der Waals surface area contributed by atoms with Crippen LogP contribution < -0.4 is 10.2 Å². The fraction of sp³-hybridized carbons (Fsp3) is 0.417. The zero-order chi connectivity index (χ0) is 20.9. The minimum absolute atomic E-state index is 0.0405. The molecular formula is C24H29N3O3. The number of hydrogen-bond donors (Lipinski definition) is 1. The normalized spacial score (nSPS) is 17.6. The number of ether oxygens (including phenoxy) is 1. The molecule has 2 aromatic carbocycles. The summed E-state index contributed by atoms with van der Waals surface area (Å²) in [6, 6.07) is 15.6. The molecule has 1 N–H and O–H groups in total. The average molecular weight is 408 g/mol. The third kappa shape index (κ3) is 4.49. The number of hydrogen-bond acceptors (Lipinski definition) is 4. The molecule has 6 heteroatoms. The van der Waals surface area contributed by atoms with E-state index in [2.05, 4.69) is 10.2 Å². The molecule has 158 valence electrons. The van der Waals surface area contributed by atoms with Crippen LogP contribution in [0.3, 0.4) is 0 Å². The first-order valence-corrected chi connectivity index (χ1v) is 10.7. The molecule has 2 saturated heterocycles. The molecule has 2 heterocycles. The molecule has 2 amide bonds. The molecule has 4 rings (SSSR count). The molecule has 0 atom stereocenters. The van der Waals surface area contributed by atoms with Gasteiger partial charge in [-0.05, 0) is 43.5 Å². The second-order valence-corrected chi connectivity index (χ2v) is 7.99. The number of likely N-dealkylation sites (tertiary alicyclic amines) is 1. The van der Waals surface area contributed by atoms with Crippen molar-refractivity contribution in [2.75, 3.05) is 49.6 Å². The number of amides is 2. The predicted molar refractivity (Wildman–Crippen MR) is 118 cm³/mol. The van der Waals surface area contributed by atoms with E-state index >= 15 is 0 Å². The minimum Gasteiger partial charge on any atom is -0.378 e. The van der Waals surface area contributed by atoms with Crippen molar-refractivity contribution in [3.05, 3.63) is 59.7 Å². The number of carbonyl (C=O) groups is 2. The van der Waals surface area contributed by atoms with Crippen molar-refractivity contribution in [2.45, 2.75) is 19.8 Å². The molecular weight excluding hydrogens is 378 g/mol. The number of aryl methyl sites for hydroxylation is 1. The Morgan fingerprint density at radius 3 is 2.33 bits per heavy atom. The van der Waals surface area contributed by atoms with Gasteiger partial charge in [-0.2, -0.15) is 0 Å². The van der Waals surface area contributed by atoms with E-state index in [0.717, 1.165) is 35.6 Å². The summed E-state index contributed by atoms with van der Waals surface area (Å²) >= 11 is 0. The Bertz CT molecular complexity index is 900. The zero-order valence-corrected chi connectivity index (χ0v) is 17.5. The number of rotatable bonds is 4. The van der Waals surface area contributed by atoms with Crippen LogP contribution in [0.25, 0.3) is 0 Å². The van der Waals surface area contributed by atoms with Gasteiger partial charge in [0.15, 0.2) is 0 Å². The largest absolute Gasteiger partial charge is 0.378 e. The lowest BCUT2D eigenvalue weighted by molar-refractivity contribution is -0.121. The Labute approximate surface area is 177 Å². The molecule has 0 radical (unpaired) electrons. The van der Waals surface area contributed by atoms with Crippen LogP contribution in [0.4, 0.5) is 11.4 Å². The molecule has 0 aromatic heterocycles. The second kappa shape index (κ2) is 9.30. The highest BCUT2D eigenvalue weighted by Gasteiger charge is 2.29. The Balaban J connectivity index is 1.36. The third-order valence-corrected chi connectivity index (χ3v) is 6.04. The summed E-state index contributed by atoms with van der Waals surface area (Å²) < 4.78 is 5.44. The number of para-hydroxylation sites is 2. The van der Waals surface area contributed by atoms with Gasteiger partial charge in [0.05, 0.1) is 24.6 Å². The minimum atomic E-state index is -0.0799. The lowest BCUT2D eigenvalue weighted by Crippen LogP contribution is -2.42. The van der Waals surface area contributed by atoms with Crippen LogP contribution in [0.1, 0.15) is 28.8 Å². The maximum absolute atomic E-state index is 12.9. The molecule has 30 heavy (non-hydrogen) atoms. The fourth-order valence-electron chi connectivity index (χ4n) is 4.22. The van der Waals surface area contributed by atoms with Crippen molar-refractivity contribution >= 4 is 23.2 Å². The van der Waals surface area contributed by atoms with Gasteiger partial charge in [-0.25, -0.2) is 0 Å². The van der Waals surface area contributed by atoms with Crippen molar-refractivity contribution < 1.29 is 14.3 Å². The smallest absolute Gasteiger partial charge is 0.254 e. The number of piperidine rings is 1. The Kier molecular flexibility index (Phi) is 6.33. The van der Waals surface area contributed by atoms with Crippen LogP contribution in [0.15, 0.2) is 48.5 Å². The average Bonchev–Trinajstić information content (AvgIpc) is 2.80. The Morgan fingerprint density at radius 2 is 1.60 bits per heavy atom. The van der Waals surface area contributed by atoms with Gasteiger partial charge < -0.3 is 19.9 Å². The zero-order valence-electron chi connectivity index (χ0n) is 17.5. The number of anilines is 2. The maximum atomic E-state index is 12.9. The van der Waals surface area contributed by atoms with E-state index in [1.165, 1.54) is 0 Å². The van der Waals surface area contributed by atoms with Gasteiger partial charge in [0.2, 0.25) is 5.91 Å². The lowest BCUT2D eigenvalue weighted by Gasteiger charge is -2.33. The van der Waals surface area contributed by atoms with E-state index < -0.39 is 0 Å². The van der Waals surface area contributed by atoms with Gasteiger partial charge in [0, 0.05) is 37.7 Å². The van der Waals surface area contributed by atoms with E-state index in [4.69, 9.17) is 4.74 Å². The molecule has 0 bridgehead atoms. The number of benzene rings is 2. The van der Waals surface area contributed by atoms with Crippen molar-refractivity contribution in [2.24, 2.45) is 5.92 Å². The summed E-state index contributed by atoms with van der Waals surface area (Å²) in [5.74, 6) is 0.0204. The van der Waals surface area contributed by atoms with E-state index in [0.29, 0.717) is 39.1 Å². The summed E-state index contributed by atoms with van der Waals surface area (Å²) in [7, 11) is 0. The van der Waals surface area contributed by atoms with Crippen molar-refractivity contribution in [1.29, 1.82) is 0 Å². The molecule has 6 nitrogen and oxygen atoms in total. The first-order chi connectivity index (χ1) is 14.6. The molecule has 0 unspecified atom stereocenters. The number of nitrogens with one attached hydrogen (secondary N) is 1. The van der Waals surface area contributed by atoms with Crippen LogP contribution in [0.2, 0.25) is 0 Å². The van der Waals surface area contributed by atoms with Crippen LogP contribution in [-0.4, -0.2) is 56.1 Å². The molecule has 2 aliphatic rings. The summed E-state index contributed by atoms with van der Waals surface area (Å²) in [6.07, 6.45) is 1.37. The summed E-state index contributed by atoms with van der Waals surface area (Å²) in [4.78, 5) is 29.9. The van der Waals surface area contributed by atoms with Crippen molar-refractivity contribution in [3.63, 3.8) is 0 Å². The first-order valence-electron chi connectivity index (χ1n) is 10.7. The summed E-state index contributed by atoms with van der Waals surface area (Å²) in [5, 5.41) is 3.14. The van der Waals surface area contributed by atoms with Crippen molar-refractivity contribution in [3.8, 4) is 0 Å². The molecule has 0 aliphatic carbocycles. The van der Waals surface area contributed by atoms with Gasteiger partial charge in [-0.3, -0.25) is 9.59 Å². The molecule has 0 saturated carbocycles. The van der Waals surface area contributed by atoms with E-state index in [-0.39, 0.29) is 17.7 Å². The number of morpholine rings is 1. The van der Waals surface area contributed by atoms with Crippen LogP contribution in [0, 0.1) is 12.8 Å². The molecule has 2 aliphatic heterocycles. The van der Waals surface area contributed by atoms with E-state index in [9.17, 15) is 9.59 Å². The third-order valence-electron chi connectivity index (χ3n) is 6.04. The van der Waals surface area contributed by atoms with Crippen LogP contribution >= 0.6 is 0 Å². The van der Waals surface area contributed by atoms with E-state index in [1.807, 2.05) is 60.4 Å². The lowest BCUT2D eigenvalue weighted by atomic mass is 9.95. The predicted octanol–water partition coefficient (Wildman–Crippen LogP) is 3.32. The van der Waals surface area contributed by atoms with Crippen LogP contribution in [0.5, 0.6) is 0 Å². The number of nitrogens with zero attached hydrogens (tertiary/aromatic N) is 2. The van der Waals surface area contributed by atoms with Gasteiger partial charge in [-0.15, -0.1) is 0 Å². The van der Waals surface area contributed by atoms with Crippen molar-refractivity contribution in [1.82, 2.24) is 4.90 Å². The highest BCUT2D eigenvalue weighted by atomic mass is 16.5. The summed E-state index contributed by atoms with van der Waals surface area (Å²) in [5.41, 5.74) is 3.63. The van der Waals surface area contributed by atoms with Gasteiger partial charge in [0.1, 0.15) is 0 Å². The molecule has 2 aromatic rings. The standard InChI is InChI=1S/C24H29N3O3/c1-18-6-2-3-7-20(18)24(29)27-12-10-19(11-13-27)23(28)25-21-8-4-5-9-22(21)26-14-16-30-17-15-26/h2-9,19H,10-17H2,1H3,(H,25,28). The Morgan fingerprint density at radius 1 is 0.933 bits per heavy atom. The topological polar surface area (TPSA) is 61.9 Å². The van der Waals surface area contributed by atoms with Gasteiger partial charge >= 0.3 is 0 Å². The first kappa shape index (κ1) is 20.4. The number of carbonyl (C=O) groups excluding carboxylic acids is 2. The summed E-state index contributed by atoms with van der Waals surface area (Å²) in [6.45, 7) is 6.23. The monoisotopic (exact) mass is 407 g/mol. The van der Waals surface area contributed by atoms with Crippen LogP contribution in [-0.2, 0) is 9.53 Å². The van der Waals surface area contributed by atoms with Gasteiger partial charge in [0.25, 0.3) is 5.91 Å². The highest BCUT2D eigenvalue weighted by Crippen LogP contribution is 2.28. The Hall–Kier alpha value is -2.86. The molecule has 2 fully saturated rings. The second-order valence-electron chi connectivity index (χ2n) is 7.99.